The number of thioether (sulfide) groups is 1. The topological polar surface area (TPSA) is 83.3 Å². The molecular weight excluding hydrogens is 458 g/mol. The Kier molecular flexibility index (Phi) is 5.89. The zero-order valence-electron chi connectivity index (χ0n) is 18.1. The summed E-state index contributed by atoms with van der Waals surface area (Å²) in [5.74, 6) is 7.32. The van der Waals surface area contributed by atoms with Crippen molar-refractivity contribution in [3.05, 3.63) is 84.2 Å². The summed E-state index contributed by atoms with van der Waals surface area (Å²) < 4.78 is 32.7. The number of nitrogens with two attached hydrogens (primary N) is 1. The summed E-state index contributed by atoms with van der Waals surface area (Å²) in [4.78, 5) is 4.85. The Morgan fingerprint density at radius 3 is 2.47 bits per heavy atom. The Hall–Kier alpha value is -3.92. The molecular formula is C24H20F2N6OS. The molecule has 0 fully saturated rings. The van der Waals surface area contributed by atoms with Crippen LogP contribution < -0.4 is 10.6 Å². The number of nitrogens with zero attached hydrogens (tertiary/aromatic N) is 5. The van der Waals surface area contributed by atoms with Crippen molar-refractivity contribution >= 4 is 17.4 Å². The molecule has 2 aromatic carbocycles. The lowest BCUT2D eigenvalue weighted by molar-refractivity contribution is -0.0498. The standard InChI is InChI=1S/C24H20F2N6OS/c1-15-7-12-20-28-21(16-5-3-2-4-6-16)19(31(20)13-15)14-34-24-30-29-22(32(24)27)17-8-10-18(11-9-17)33-23(25)26/h2-13,23H,14,27H2,1H3. The second-order valence-electron chi connectivity index (χ2n) is 7.58. The first kappa shape index (κ1) is 21.9. The largest absolute Gasteiger partial charge is 0.435 e. The molecule has 3 heterocycles. The molecule has 7 nitrogen and oxygen atoms in total. The maximum atomic E-state index is 12.4. The van der Waals surface area contributed by atoms with Crippen LogP contribution in [0.15, 0.2) is 78.1 Å². The van der Waals surface area contributed by atoms with Gasteiger partial charge in [0, 0.05) is 23.1 Å². The molecule has 0 atom stereocenters. The molecule has 3 aromatic heterocycles. The first-order chi connectivity index (χ1) is 16.5. The lowest BCUT2D eigenvalue weighted by Crippen LogP contribution is -2.11. The molecule has 0 aliphatic rings. The van der Waals surface area contributed by atoms with E-state index in [0.717, 1.165) is 28.2 Å². The maximum Gasteiger partial charge on any atom is 0.387 e. The first-order valence-electron chi connectivity index (χ1n) is 10.4. The quantitative estimate of drug-likeness (QED) is 0.257. The minimum absolute atomic E-state index is 0.0628. The molecule has 2 N–H and O–H groups in total. The van der Waals surface area contributed by atoms with E-state index in [0.29, 0.717) is 22.3 Å². The zero-order chi connectivity index (χ0) is 23.7. The van der Waals surface area contributed by atoms with Crippen LogP contribution in [0, 0.1) is 6.92 Å². The smallest absolute Gasteiger partial charge is 0.387 e. The molecule has 10 heteroatoms. The second kappa shape index (κ2) is 9.14. The van der Waals surface area contributed by atoms with Crippen LogP contribution in [0.1, 0.15) is 11.3 Å². The van der Waals surface area contributed by atoms with Gasteiger partial charge >= 0.3 is 6.61 Å². The summed E-state index contributed by atoms with van der Waals surface area (Å²) in [5, 5.41) is 8.94. The molecule has 0 amide bonds. The van der Waals surface area contributed by atoms with Crippen molar-refractivity contribution in [3.8, 4) is 28.4 Å². The lowest BCUT2D eigenvalue weighted by atomic mass is 10.1. The molecule has 172 valence electrons. The summed E-state index contributed by atoms with van der Waals surface area (Å²) >= 11 is 1.44. The highest BCUT2D eigenvalue weighted by Gasteiger charge is 2.18. The number of rotatable bonds is 7. The number of hydrogen-bond acceptors (Lipinski definition) is 6. The highest BCUT2D eigenvalue weighted by Crippen LogP contribution is 2.31. The lowest BCUT2D eigenvalue weighted by Gasteiger charge is -2.07. The molecule has 0 saturated heterocycles. The summed E-state index contributed by atoms with van der Waals surface area (Å²) in [6.07, 6.45) is 2.06. The number of aromatic nitrogens is 5. The molecule has 5 rings (SSSR count). The van der Waals surface area contributed by atoms with Gasteiger partial charge in [-0.1, -0.05) is 48.2 Å². The molecule has 0 spiro atoms. The number of aryl methyl sites for hydroxylation is 1. The highest BCUT2D eigenvalue weighted by molar-refractivity contribution is 7.98. The normalized spacial score (nSPS) is 11.4. The average molecular weight is 479 g/mol. The van der Waals surface area contributed by atoms with Gasteiger partial charge in [-0.2, -0.15) is 8.78 Å². The van der Waals surface area contributed by atoms with E-state index in [1.54, 1.807) is 12.1 Å². The van der Waals surface area contributed by atoms with E-state index < -0.39 is 6.61 Å². The van der Waals surface area contributed by atoms with Gasteiger partial charge in [0.2, 0.25) is 5.16 Å². The summed E-state index contributed by atoms with van der Waals surface area (Å²) in [7, 11) is 0. The van der Waals surface area contributed by atoms with Gasteiger partial charge < -0.3 is 15.0 Å². The fourth-order valence-electron chi connectivity index (χ4n) is 3.66. The third-order valence-electron chi connectivity index (χ3n) is 5.25. The molecule has 0 saturated carbocycles. The minimum Gasteiger partial charge on any atom is -0.435 e. The van der Waals surface area contributed by atoms with E-state index >= 15 is 0 Å². The maximum absolute atomic E-state index is 12.4. The molecule has 5 aromatic rings. The van der Waals surface area contributed by atoms with Crippen molar-refractivity contribution in [2.75, 3.05) is 5.84 Å². The van der Waals surface area contributed by atoms with Gasteiger partial charge in [-0.3, -0.25) is 0 Å². The zero-order valence-corrected chi connectivity index (χ0v) is 18.9. The number of imidazole rings is 1. The summed E-state index contributed by atoms with van der Waals surface area (Å²) in [5.41, 5.74) is 5.57. The summed E-state index contributed by atoms with van der Waals surface area (Å²) in [6.45, 7) is -0.838. The molecule has 0 bridgehead atoms. The number of benzene rings is 2. The Balaban J connectivity index is 1.43. The van der Waals surface area contributed by atoms with Crippen molar-refractivity contribution in [3.63, 3.8) is 0 Å². The van der Waals surface area contributed by atoms with E-state index in [4.69, 9.17) is 10.8 Å². The number of ether oxygens (including phenoxy) is 1. The Labute approximate surface area is 198 Å². The monoisotopic (exact) mass is 478 g/mol. The molecule has 34 heavy (non-hydrogen) atoms. The molecule has 0 aliphatic heterocycles. The predicted octanol–water partition coefficient (Wildman–Crippen LogP) is 5.18. The van der Waals surface area contributed by atoms with Crippen LogP contribution in [-0.4, -0.2) is 30.9 Å². The molecule has 0 radical (unpaired) electrons. The Morgan fingerprint density at radius 2 is 1.74 bits per heavy atom. The second-order valence-corrected chi connectivity index (χ2v) is 8.52. The van der Waals surface area contributed by atoms with Crippen LogP contribution in [0.2, 0.25) is 0 Å². The van der Waals surface area contributed by atoms with Gasteiger partial charge in [-0.25, -0.2) is 9.66 Å². The van der Waals surface area contributed by atoms with Gasteiger partial charge in [0.25, 0.3) is 0 Å². The fraction of sp³-hybridized carbons (Fsp3) is 0.125. The third kappa shape index (κ3) is 4.32. The van der Waals surface area contributed by atoms with E-state index in [2.05, 4.69) is 25.5 Å². The van der Waals surface area contributed by atoms with Gasteiger partial charge in [-0.15, -0.1) is 10.2 Å². The first-order valence-corrected chi connectivity index (χ1v) is 11.4. The van der Waals surface area contributed by atoms with Crippen LogP contribution in [0.3, 0.4) is 0 Å². The third-order valence-corrected chi connectivity index (χ3v) is 6.21. The van der Waals surface area contributed by atoms with Crippen molar-refractivity contribution in [2.45, 2.75) is 24.4 Å². The van der Waals surface area contributed by atoms with Crippen LogP contribution in [0.4, 0.5) is 8.78 Å². The van der Waals surface area contributed by atoms with E-state index in [1.165, 1.54) is 28.6 Å². The average Bonchev–Trinajstić information content (AvgIpc) is 3.38. The molecule has 0 aliphatic carbocycles. The van der Waals surface area contributed by atoms with Gasteiger partial charge in [0.05, 0.1) is 11.4 Å². The SMILES string of the molecule is Cc1ccc2nc(-c3ccccc3)c(CSc3nnc(-c4ccc(OC(F)F)cc4)n3N)n2c1. The van der Waals surface area contributed by atoms with Crippen LogP contribution in [-0.2, 0) is 5.75 Å². The number of nitrogen functional groups attached to an aromatic ring is 1. The van der Waals surface area contributed by atoms with Crippen LogP contribution in [0.5, 0.6) is 5.75 Å². The number of halogens is 2. The number of pyridine rings is 1. The van der Waals surface area contributed by atoms with Crippen molar-refractivity contribution in [2.24, 2.45) is 0 Å². The van der Waals surface area contributed by atoms with E-state index in [-0.39, 0.29) is 5.75 Å². The molecule has 0 unspecified atom stereocenters. The van der Waals surface area contributed by atoms with Gasteiger partial charge in [0.1, 0.15) is 11.4 Å². The van der Waals surface area contributed by atoms with Crippen LogP contribution >= 0.6 is 11.8 Å². The predicted molar refractivity (Wildman–Crippen MR) is 127 cm³/mol. The number of alkyl halides is 2. The van der Waals surface area contributed by atoms with Crippen molar-refractivity contribution in [1.29, 1.82) is 0 Å². The van der Waals surface area contributed by atoms with Crippen molar-refractivity contribution in [1.82, 2.24) is 24.3 Å². The van der Waals surface area contributed by atoms with Crippen LogP contribution in [0.25, 0.3) is 28.3 Å². The van der Waals surface area contributed by atoms with Gasteiger partial charge in [-0.05, 0) is 42.8 Å². The van der Waals surface area contributed by atoms with E-state index in [1.807, 2.05) is 49.4 Å². The van der Waals surface area contributed by atoms with E-state index in [9.17, 15) is 8.78 Å². The fourth-order valence-corrected chi connectivity index (χ4v) is 4.52. The highest BCUT2D eigenvalue weighted by atomic mass is 32.2. The summed E-state index contributed by atoms with van der Waals surface area (Å²) in [6, 6.07) is 20.2. The van der Waals surface area contributed by atoms with Crippen molar-refractivity contribution < 1.29 is 13.5 Å². The van der Waals surface area contributed by atoms with Gasteiger partial charge in [0.15, 0.2) is 5.82 Å². The Morgan fingerprint density at radius 1 is 0.971 bits per heavy atom. The number of hydrogen-bond donors (Lipinski definition) is 1. The Bertz CT molecular complexity index is 1430. The number of fused-ring (bicyclic) bond motifs is 1. The minimum atomic E-state index is -2.88.